The molecular formula is C10H9FN2O2. The summed E-state index contributed by atoms with van der Waals surface area (Å²) in [5.74, 6) is -1.71. The van der Waals surface area contributed by atoms with Crippen LogP contribution < -0.4 is 5.73 Å². The van der Waals surface area contributed by atoms with Gasteiger partial charge in [-0.1, -0.05) is 6.07 Å². The molecule has 1 rings (SSSR count). The Kier molecular flexibility index (Phi) is 3.37. The number of carbonyl (C=O) groups is 1. The van der Waals surface area contributed by atoms with E-state index in [0.29, 0.717) is 5.56 Å². The molecule has 4 nitrogen and oxygen atoms in total. The minimum atomic E-state index is -0.882. The molecule has 0 radical (unpaired) electrons. The molecule has 0 aliphatic carbocycles. The lowest BCUT2D eigenvalue weighted by molar-refractivity contribution is 0.0594. The standard InChI is InChI=1S/C10H9FN2O2/c1-15-10(14)8-6(4-12)2-3-7(5-13)9(8)11/h2-3H,4,12H2,1H3. The van der Waals surface area contributed by atoms with E-state index in [9.17, 15) is 9.18 Å². The highest BCUT2D eigenvalue weighted by atomic mass is 19.1. The summed E-state index contributed by atoms with van der Waals surface area (Å²) in [6, 6.07) is 4.36. The van der Waals surface area contributed by atoms with Gasteiger partial charge in [-0.2, -0.15) is 5.26 Å². The van der Waals surface area contributed by atoms with Crippen molar-refractivity contribution in [3.63, 3.8) is 0 Å². The van der Waals surface area contributed by atoms with Gasteiger partial charge in [0.2, 0.25) is 0 Å². The molecule has 2 N–H and O–H groups in total. The molecule has 1 aromatic carbocycles. The maximum absolute atomic E-state index is 13.6. The van der Waals surface area contributed by atoms with E-state index in [-0.39, 0.29) is 17.7 Å². The van der Waals surface area contributed by atoms with Crippen molar-refractivity contribution in [1.82, 2.24) is 0 Å². The molecule has 0 saturated heterocycles. The van der Waals surface area contributed by atoms with Crippen molar-refractivity contribution >= 4 is 5.97 Å². The number of halogens is 1. The number of nitrogens with two attached hydrogens (primary N) is 1. The Morgan fingerprint density at radius 1 is 1.67 bits per heavy atom. The number of methoxy groups -OCH3 is 1. The van der Waals surface area contributed by atoms with Gasteiger partial charge in [0.25, 0.3) is 0 Å². The minimum absolute atomic E-state index is 0.00701. The first-order valence-electron chi connectivity index (χ1n) is 4.15. The van der Waals surface area contributed by atoms with Crippen molar-refractivity contribution in [1.29, 1.82) is 5.26 Å². The Morgan fingerprint density at radius 3 is 2.80 bits per heavy atom. The van der Waals surface area contributed by atoms with E-state index in [2.05, 4.69) is 4.74 Å². The van der Waals surface area contributed by atoms with Gasteiger partial charge in [-0.25, -0.2) is 9.18 Å². The number of nitriles is 1. The molecule has 0 bridgehead atoms. The lowest BCUT2D eigenvalue weighted by Gasteiger charge is -2.07. The van der Waals surface area contributed by atoms with Gasteiger partial charge < -0.3 is 10.5 Å². The lowest BCUT2D eigenvalue weighted by atomic mass is 10.0. The Bertz CT molecular complexity index is 438. The number of hydrogen-bond donors (Lipinski definition) is 1. The predicted molar refractivity (Wildman–Crippen MR) is 50.3 cm³/mol. The first-order chi connectivity index (χ1) is 7.15. The Hall–Kier alpha value is -1.93. The third-order valence-electron chi connectivity index (χ3n) is 1.96. The second-order valence-electron chi connectivity index (χ2n) is 2.77. The van der Waals surface area contributed by atoms with Crippen LogP contribution in [0.15, 0.2) is 12.1 Å². The molecule has 15 heavy (non-hydrogen) atoms. The Labute approximate surface area is 86.1 Å². The number of benzene rings is 1. The van der Waals surface area contributed by atoms with Gasteiger partial charge in [0.05, 0.1) is 12.7 Å². The zero-order valence-electron chi connectivity index (χ0n) is 8.08. The van der Waals surface area contributed by atoms with Crippen molar-refractivity contribution in [3.8, 4) is 6.07 Å². The molecule has 0 fully saturated rings. The largest absolute Gasteiger partial charge is 0.465 e. The fraction of sp³-hybridized carbons (Fsp3) is 0.200. The molecule has 0 aromatic heterocycles. The van der Waals surface area contributed by atoms with E-state index < -0.39 is 11.8 Å². The summed E-state index contributed by atoms with van der Waals surface area (Å²) in [4.78, 5) is 11.3. The van der Waals surface area contributed by atoms with E-state index in [4.69, 9.17) is 11.0 Å². The molecular weight excluding hydrogens is 199 g/mol. The normalized spacial score (nSPS) is 9.47. The second-order valence-corrected chi connectivity index (χ2v) is 2.77. The Balaban J connectivity index is 3.44. The maximum atomic E-state index is 13.6. The third kappa shape index (κ3) is 1.95. The van der Waals surface area contributed by atoms with E-state index in [1.54, 1.807) is 6.07 Å². The third-order valence-corrected chi connectivity index (χ3v) is 1.96. The fourth-order valence-electron chi connectivity index (χ4n) is 1.20. The molecule has 0 amide bonds. The van der Waals surface area contributed by atoms with Crippen LogP contribution in [0.4, 0.5) is 4.39 Å². The fourth-order valence-corrected chi connectivity index (χ4v) is 1.20. The molecule has 0 saturated carbocycles. The highest BCUT2D eigenvalue weighted by molar-refractivity contribution is 5.91. The van der Waals surface area contributed by atoms with E-state index in [1.807, 2.05) is 0 Å². The minimum Gasteiger partial charge on any atom is -0.465 e. The SMILES string of the molecule is COC(=O)c1c(CN)ccc(C#N)c1F. The average Bonchev–Trinajstić information content (AvgIpc) is 2.27. The first kappa shape index (κ1) is 11.1. The topological polar surface area (TPSA) is 76.1 Å². The Morgan fingerprint density at radius 2 is 2.33 bits per heavy atom. The summed E-state index contributed by atoms with van der Waals surface area (Å²) >= 11 is 0. The highest BCUT2D eigenvalue weighted by Crippen LogP contribution is 2.18. The summed E-state index contributed by atoms with van der Waals surface area (Å²) in [5.41, 5.74) is 5.20. The summed E-state index contributed by atoms with van der Waals surface area (Å²) in [7, 11) is 1.14. The predicted octanol–water partition coefficient (Wildman–Crippen LogP) is 0.943. The zero-order chi connectivity index (χ0) is 11.4. The van der Waals surface area contributed by atoms with Gasteiger partial charge in [0.15, 0.2) is 5.82 Å². The molecule has 5 heteroatoms. The molecule has 0 heterocycles. The molecule has 78 valence electrons. The number of hydrogen-bond acceptors (Lipinski definition) is 4. The number of esters is 1. The van der Waals surface area contributed by atoms with E-state index in [1.165, 1.54) is 12.1 Å². The molecule has 0 aliphatic rings. The van der Waals surface area contributed by atoms with Gasteiger partial charge in [0.1, 0.15) is 11.6 Å². The van der Waals surface area contributed by atoms with Gasteiger partial charge in [-0.05, 0) is 11.6 Å². The van der Waals surface area contributed by atoms with Crippen molar-refractivity contribution < 1.29 is 13.9 Å². The second kappa shape index (κ2) is 4.53. The molecule has 0 unspecified atom stereocenters. The highest BCUT2D eigenvalue weighted by Gasteiger charge is 2.19. The van der Waals surface area contributed by atoms with Crippen LogP contribution >= 0.6 is 0 Å². The van der Waals surface area contributed by atoms with Crippen LogP contribution in [0.3, 0.4) is 0 Å². The first-order valence-corrected chi connectivity index (χ1v) is 4.15. The van der Waals surface area contributed by atoms with Gasteiger partial charge in [-0.3, -0.25) is 0 Å². The van der Waals surface area contributed by atoms with Gasteiger partial charge in [0, 0.05) is 6.54 Å². The van der Waals surface area contributed by atoms with Crippen LogP contribution in [0.5, 0.6) is 0 Å². The quantitative estimate of drug-likeness (QED) is 0.734. The summed E-state index contributed by atoms with van der Waals surface area (Å²) < 4.78 is 18.0. The number of rotatable bonds is 2. The van der Waals surface area contributed by atoms with Gasteiger partial charge in [-0.15, -0.1) is 0 Å². The summed E-state index contributed by atoms with van der Waals surface area (Å²) in [6.45, 7) is 0.00701. The van der Waals surface area contributed by atoms with Crippen LogP contribution in [-0.2, 0) is 11.3 Å². The van der Waals surface area contributed by atoms with Crippen molar-refractivity contribution in [3.05, 3.63) is 34.6 Å². The zero-order valence-corrected chi connectivity index (χ0v) is 8.08. The van der Waals surface area contributed by atoms with Crippen LogP contribution in [-0.4, -0.2) is 13.1 Å². The van der Waals surface area contributed by atoms with Crippen molar-refractivity contribution in [2.24, 2.45) is 5.73 Å². The number of nitrogens with zero attached hydrogens (tertiary/aromatic N) is 1. The lowest BCUT2D eigenvalue weighted by Crippen LogP contribution is -2.12. The molecule has 1 aromatic rings. The average molecular weight is 208 g/mol. The van der Waals surface area contributed by atoms with Crippen molar-refractivity contribution in [2.75, 3.05) is 7.11 Å². The number of carbonyl (C=O) groups excluding carboxylic acids is 1. The van der Waals surface area contributed by atoms with Crippen LogP contribution in [0, 0.1) is 17.1 Å². The monoisotopic (exact) mass is 208 g/mol. The number of ether oxygens (including phenoxy) is 1. The van der Waals surface area contributed by atoms with Crippen molar-refractivity contribution in [2.45, 2.75) is 6.54 Å². The molecule has 0 atom stereocenters. The summed E-state index contributed by atoms with van der Waals surface area (Å²) in [6.07, 6.45) is 0. The molecule has 0 spiro atoms. The molecule has 0 aliphatic heterocycles. The summed E-state index contributed by atoms with van der Waals surface area (Å²) in [5, 5.41) is 8.59. The van der Waals surface area contributed by atoms with Gasteiger partial charge >= 0.3 is 5.97 Å². The van der Waals surface area contributed by atoms with E-state index in [0.717, 1.165) is 7.11 Å². The van der Waals surface area contributed by atoms with Crippen LogP contribution in [0.1, 0.15) is 21.5 Å². The van der Waals surface area contributed by atoms with Crippen LogP contribution in [0.25, 0.3) is 0 Å². The van der Waals surface area contributed by atoms with Crippen LogP contribution in [0.2, 0.25) is 0 Å². The smallest absolute Gasteiger partial charge is 0.341 e. The maximum Gasteiger partial charge on any atom is 0.341 e. The van der Waals surface area contributed by atoms with E-state index >= 15 is 0 Å².